The van der Waals surface area contributed by atoms with Crippen LogP contribution < -0.4 is 9.47 Å². The highest BCUT2D eigenvalue weighted by Gasteiger charge is 2.24. The standard InChI is InChI=1S/C26H23ClN4O3/c1-32-19-10-7-17(8-11-19)15-34-16-25-30-29-24-14-28-26(20-5-3-4-6-23(20)33-2)21-13-18(27)9-12-22(21)31(24)25/h3-13H,14-16H2,1-2H3. The maximum absolute atomic E-state index is 6.41. The summed E-state index contributed by atoms with van der Waals surface area (Å²) in [5.41, 5.74) is 4.52. The molecule has 2 heterocycles. The lowest BCUT2D eigenvalue weighted by Crippen LogP contribution is -2.11. The monoisotopic (exact) mass is 474 g/mol. The Morgan fingerprint density at radius 2 is 1.71 bits per heavy atom. The molecule has 5 rings (SSSR count). The summed E-state index contributed by atoms with van der Waals surface area (Å²) >= 11 is 6.41. The Bertz CT molecular complexity index is 1350. The minimum Gasteiger partial charge on any atom is -0.497 e. The van der Waals surface area contributed by atoms with E-state index >= 15 is 0 Å². The van der Waals surface area contributed by atoms with Gasteiger partial charge in [-0.3, -0.25) is 9.56 Å². The zero-order valence-corrected chi connectivity index (χ0v) is 19.6. The summed E-state index contributed by atoms with van der Waals surface area (Å²) in [7, 11) is 3.30. The molecule has 0 spiro atoms. The number of nitrogens with zero attached hydrogens (tertiary/aromatic N) is 4. The molecule has 0 N–H and O–H groups in total. The Kier molecular flexibility index (Phi) is 6.29. The third-order valence-corrected chi connectivity index (χ3v) is 5.89. The van der Waals surface area contributed by atoms with Crippen molar-refractivity contribution in [3.63, 3.8) is 0 Å². The lowest BCUT2D eigenvalue weighted by atomic mass is 9.99. The number of ether oxygens (including phenoxy) is 3. The Morgan fingerprint density at radius 3 is 2.50 bits per heavy atom. The van der Waals surface area contributed by atoms with E-state index in [1.807, 2.05) is 71.3 Å². The highest BCUT2D eigenvalue weighted by atomic mass is 35.5. The van der Waals surface area contributed by atoms with E-state index in [4.69, 9.17) is 30.8 Å². The molecule has 172 valence electrons. The van der Waals surface area contributed by atoms with Gasteiger partial charge in [-0.1, -0.05) is 35.9 Å². The van der Waals surface area contributed by atoms with Crippen molar-refractivity contribution in [2.24, 2.45) is 4.99 Å². The maximum atomic E-state index is 6.41. The molecule has 1 aliphatic rings. The van der Waals surface area contributed by atoms with Crippen molar-refractivity contribution in [1.82, 2.24) is 14.8 Å². The van der Waals surface area contributed by atoms with Gasteiger partial charge in [-0.15, -0.1) is 10.2 Å². The molecule has 0 saturated carbocycles. The zero-order valence-electron chi connectivity index (χ0n) is 18.9. The Labute approximate surface area is 202 Å². The van der Waals surface area contributed by atoms with E-state index in [9.17, 15) is 0 Å². The number of fused-ring (bicyclic) bond motifs is 3. The van der Waals surface area contributed by atoms with Crippen molar-refractivity contribution in [1.29, 1.82) is 0 Å². The van der Waals surface area contributed by atoms with Gasteiger partial charge in [-0.05, 0) is 48.0 Å². The second-order valence-electron chi connectivity index (χ2n) is 7.74. The average Bonchev–Trinajstić information content (AvgIpc) is 3.20. The van der Waals surface area contributed by atoms with Crippen molar-refractivity contribution in [2.45, 2.75) is 19.8 Å². The predicted octanol–water partition coefficient (Wildman–Crippen LogP) is 5.01. The van der Waals surface area contributed by atoms with Crippen LogP contribution in [0.3, 0.4) is 0 Å². The summed E-state index contributed by atoms with van der Waals surface area (Å²) < 4.78 is 18.8. The molecule has 8 heteroatoms. The molecule has 1 aliphatic heterocycles. The van der Waals surface area contributed by atoms with E-state index in [0.717, 1.165) is 45.4 Å². The first-order valence-electron chi connectivity index (χ1n) is 10.8. The smallest absolute Gasteiger partial charge is 0.163 e. The highest BCUT2D eigenvalue weighted by molar-refractivity contribution is 6.31. The Balaban J connectivity index is 1.47. The lowest BCUT2D eigenvalue weighted by Gasteiger charge is -2.15. The summed E-state index contributed by atoms with van der Waals surface area (Å²) in [4.78, 5) is 4.89. The van der Waals surface area contributed by atoms with E-state index in [-0.39, 0.29) is 0 Å². The van der Waals surface area contributed by atoms with Gasteiger partial charge in [0.2, 0.25) is 0 Å². The van der Waals surface area contributed by atoms with Crippen LogP contribution in [0.1, 0.15) is 28.3 Å². The minimum absolute atomic E-state index is 0.297. The van der Waals surface area contributed by atoms with E-state index in [0.29, 0.717) is 30.6 Å². The van der Waals surface area contributed by atoms with Gasteiger partial charge in [0.15, 0.2) is 11.6 Å². The fraction of sp³-hybridized carbons (Fsp3) is 0.192. The number of rotatable bonds is 7. The molecule has 0 amide bonds. The number of para-hydroxylation sites is 1. The van der Waals surface area contributed by atoms with Crippen molar-refractivity contribution < 1.29 is 14.2 Å². The van der Waals surface area contributed by atoms with E-state index in [1.165, 1.54) is 0 Å². The molecule has 3 aromatic carbocycles. The molecule has 7 nitrogen and oxygen atoms in total. The second-order valence-corrected chi connectivity index (χ2v) is 8.17. The number of hydrogen-bond donors (Lipinski definition) is 0. The second kappa shape index (κ2) is 9.67. The van der Waals surface area contributed by atoms with E-state index < -0.39 is 0 Å². The van der Waals surface area contributed by atoms with Crippen LogP contribution in [0.4, 0.5) is 0 Å². The highest BCUT2D eigenvalue weighted by Crippen LogP contribution is 2.31. The molecular weight excluding hydrogens is 452 g/mol. The van der Waals surface area contributed by atoms with Crippen LogP contribution in [0.5, 0.6) is 11.5 Å². The SMILES string of the molecule is COc1ccc(COCc2nnc3n2-c2ccc(Cl)cc2C(c2ccccc2OC)=NC3)cc1. The normalized spacial score (nSPS) is 12.4. The van der Waals surface area contributed by atoms with Gasteiger partial charge in [-0.2, -0.15) is 0 Å². The van der Waals surface area contributed by atoms with Gasteiger partial charge >= 0.3 is 0 Å². The largest absolute Gasteiger partial charge is 0.497 e. The number of aromatic nitrogens is 3. The fourth-order valence-corrected chi connectivity index (χ4v) is 4.18. The van der Waals surface area contributed by atoms with Gasteiger partial charge < -0.3 is 14.2 Å². The third kappa shape index (κ3) is 4.27. The summed E-state index contributed by atoms with van der Waals surface area (Å²) in [6.07, 6.45) is 0. The first-order chi connectivity index (χ1) is 16.7. The first kappa shape index (κ1) is 22.1. The summed E-state index contributed by atoms with van der Waals surface area (Å²) in [5, 5.41) is 9.41. The van der Waals surface area contributed by atoms with Crippen LogP contribution in [0.15, 0.2) is 71.7 Å². The van der Waals surface area contributed by atoms with Gasteiger partial charge in [0.1, 0.15) is 24.7 Å². The zero-order chi connectivity index (χ0) is 23.5. The van der Waals surface area contributed by atoms with Crippen molar-refractivity contribution in [3.8, 4) is 17.2 Å². The Hall–Kier alpha value is -3.68. The lowest BCUT2D eigenvalue weighted by molar-refractivity contribution is 0.100. The molecule has 1 aromatic heterocycles. The molecule has 0 aliphatic carbocycles. The van der Waals surface area contributed by atoms with Crippen molar-refractivity contribution >= 4 is 17.3 Å². The molecule has 0 fully saturated rings. The van der Waals surface area contributed by atoms with Crippen LogP contribution in [-0.4, -0.2) is 34.7 Å². The van der Waals surface area contributed by atoms with Gasteiger partial charge in [0, 0.05) is 16.1 Å². The summed E-state index contributed by atoms with van der Waals surface area (Å²) in [6, 6.07) is 21.3. The van der Waals surface area contributed by atoms with Crippen LogP contribution in [0.25, 0.3) is 5.69 Å². The molecule has 0 unspecified atom stereocenters. The number of benzene rings is 3. The van der Waals surface area contributed by atoms with Gasteiger partial charge in [0.05, 0.1) is 32.2 Å². The number of hydrogen-bond acceptors (Lipinski definition) is 6. The van der Waals surface area contributed by atoms with Crippen LogP contribution in [0, 0.1) is 0 Å². The predicted molar refractivity (Wildman–Crippen MR) is 130 cm³/mol. The number of methoxy groups -OCH3 is 2. The molecule has 0 saturated heterocycles. The maximum Gasteiger partial charge on any atom is 0.163 e. The average molecular weight is 475 g/mol. The summed E-state index contributed by atoms with van der Waals surface area (Å²) in [5.74, 6) is 2.99. The van der Waals surface area contributed by atoms with Crippen LogP contribution in [0.2, 0.25) is 5.02 Å². The minimum atomic E-state index is 0.297. The van der Waals surface area contributed by atoms with Crippen molar-refractivity contribution in [3.05, 3.63) is 100 Å². The summed E-state index contributed by atoms with van der Waals surface area (Å²) in [6.45, 7) is 1.11. The quantitative estimate of drug-likeness (QED) is 0.376. The number of halogens is 1. The van der Waals surface area contributed by atoms with Crippen molar-refractivity contribution in [2.75, 3.05) is 14.2 Å². The molecule has 0 bridgehead atoms. The van der Waals surface area contributed by atoms with E-state index in [1.54, 1.807) is 14.2 Å². The Morgan fingerprint density at radius 1 is 0.882 bits per heavy atom. The third-order valence-electron chi connectivity index (χ3n) is 5.65. The molecule has 34 heavy (non-hydrogen) atoms. The van der Waals surface area contributed by atoms with Crippen LogP contribution >= 0.6 is 11.6 Å². The molecule has 4 aromatic rings. The van der Waals surface area contributed by atoms with Crippen LogP contribution in [-0.2, 0) is 24.5 Å². The molecule has 0 radical (unpaired) electrons. The topological polar surface area (TPSA) is 70.8 Å². The van der Waals surface area contributed by atoms with E-state index in [2.05, 4.69) is 10.2 Å². The number of aliphatic imine (C=N–C) groups is 1. The fourth-order valence-electron chi connectivity index (χ4n) is 4.01. The van der Waals surface area contributed by atoms with Gasteiger partial charge in [-0.25, -0.2) is 0 Å². The molecular formula is C26H23ClN4O3. The first-order valence-corrected chi connectivity index (χ1v) is 11.2. The molecule has 0 atom stereocenters. The van der Waals surface area contributed by atoms with Gasteiger partial charge in [0.25, 0.3) is 0 Å².